The summed E-state index contributed by atoms with van der Waals surface area (Å²) in [6, 6.07) is 11.2. The summed E-state index contributed by atoms with van der Waals surface area (Å²) in [4.78, 5) is 8.68. The second-order valence-corrected chi connectivity index (χ2v) is 5.71. The zero-order valence-corrected chi connectivity index (χ0v) is 12.5. The van der Waals surface area contributed by atoms with Crippen molar-refractivity contribution in [1.82, 2.24) is 9.97 Å². The predicted molar refractivity (Wildman–Crippen MR) is 85.1 cm³/mol. The summed E-state index contributed by atoms with van der Waals surface area (Å²) in [5, 5.41) is 7.14. The fourth-order valence-electron chi connectivity index (χ4n) is 1.68. The second-order valence-electron chi connectivity index (χ2n) is 4.00. The number of thiazole rings is 1. The van der Waals surface area contributed by atoms with Gasteiger partial charge in [-0.3, -0.25) is 0 Å². The van der Waals surface area contributed by atoms with Crippen LogP contribution >= 0.6 is 34.5 Å². The lowest BCUT2D eigenvalue weighted by Crippen LogP contribution is -1.92. The zero-order valence-electron chi connectivity index (χ0n) is 10.2. The van der Waals surface area contributed by atoms with E-state index in [-0.39, 0.29) is 0 Å². The minimum absolute atomic E-state index is 0.603. The third-order valence-corrected chi connectivity index (χ3v) is 3.93. The summed E-state index contributed by atoms with van der Waals surface area (Å²) < 4.78 is 0. The van der Waals surface area contributed by atoms with E-state index < -0.39 is 0 Å². The van der Waals surface area contributed by atoms with Gasteiger partial charge in [0.1, 0.15) is 5.82 Å². The number of hydrogen-bond donors (Lipinski definition) is 1. The summed E-state index contributed by atoms with van der Waals surface area (Å²) in [5.41, 5.74) is 1.76. The van der Waals surface area contributed by atoms with Gasteiger partial charge in [0.2, 0.25) is 0 Å². The van der Waals surface area contributed by atoms with Crippen molar-refractivity contribution in [2.45, 2.75) is 0 Å². The molecule has 3 rings (SSSR count). The molecule has 0 amide bonds. The van der Waals surface area contributed by atoms with Crippen molar-refractivity contribution in [3.8, 4) is 11.3 Å². The van der Waals surface area contributed by atoms with Gasteiger partial charge in [-0.2, -0.15) is 0 Å². The first-order valence-corrected chi connectivity index (χ1v) is 7.45. The Labute approximate surface area is 130 Å². The molecule has 0 aliphatic carbocycles. The van der Waals surface area contributed by atoms with Gasteiger partial charge in [-0.05, 0) is 18.2 Å². The number of aromatic nitrogens is 2. The molecule has 0 unspecified atom stereocenters. The third kappa shape index (κ3) is 2.93. The van der Waals surface area contributed by atoms with Crippen LogP contribution in [0.1, 0.15) is 0 Å². The SMILES string of the molecule is Clc1ccc(Nc2nc(-c3ccccc3Cl)cs2)nc1. The Hall–Kier alpha value is -1.62. The average molecular weight is 322 g/mol. The van der Waals surface area contributed by atoms with Gasteiger partial charge in [0, 0.05) is 22.2 Å². The van der Waals surface area contributed by atoms with Crippen LogP contribution in [0.5, 0.6) is 0 Å². The van der Waals surface area contributed by atoms with Crippen molar-refractivity contribution in [3.05, 3.63) is 58.0 Å². The average Bonchev–Trinajstić information content (AvgIpc) is 2.90. The molecule has 0 atom stereocenters. The van der Waals surface area contributed by atoms with Gasteiger partial charge in [0.05, 0.1) is 10.7 Å². The Morgan fingerprint density at radius 2 is 1.90 bits per heavy atom. The number of nitrogens with one attached hydrogen (secondary N) is 1. The summed E-state index contributed by atoms with van der Waals surface area (Å²) in [7, 11) is 0. The molecular formula is C14H9Cl2N3S. The van der Waals surface area contributed by atoms with Gasteiger partial charge in [-0.25, -0.2) is 9.97 Å². The second kappa shape index (κ2) is 5.79. The van der Waals surface area contributed by atoms with Gasteiger partial charge in [-0.1, -0.05) is 41.4 Å². The maximum Gasteiger partial charge on any atom is 0.188 e. The van der Waals surface area contributed by atoms with Gasteiger partial charge in [0.15, 0.2) is 5.13 Å². The number of anilines is 2. The monoisotopic (exact) mass is 321 g/mol. The number of nitrogens with zero attached hydrogens (tertiary/aromatic N) is 2. The molecule has 2 heterocycles. The molecule has 0 saturated carbocycles. The molecule has 3 nitrogen and oxygen atoms in total. The van der Waals surface area contributed by atoms with E-state index in [2.05, 4.69) is 15.3 Å². The number of pyridine rings is 1. The van der Waals surface area contributed by atoms with Crippen LogP contribution in [0.2, 0.25) is 10.0 Å². The molecule has 2 aromatic heterocycles. The summed E-state index contributed by atoms with van der Waals surface area (Å²) in [5.74, 6) is 0.703. The van der Waals surface area contributed by atoms with E-state index in [0.29, 0.717) is 15.9 Å². The molecule has 0 saturated heterocycles. The molecule has 6 heteroatoms. The van der Waals surface area contributed by atoms with E-state index in [1.807, 2.05) is 29.6 Å². The van der Waals surface area contributed by atoms with Crippen LogP contribution in [-0.2, 0) is 0 Å². The molecule has 0 fully saturated rings. The lowest BCUT2D eigenvalue weighted by molar-refractivity contribution is 1.29. The molecule has 3 aromatic rings. The minimum Gasteiger partial charge on any atom is -0.316 e. The van der Waals surface area contributed by atoms with Crippen molar-refractivity contribution in [3.63, 3.8) is 0 Å². The summed E-state index contributed by atoms with van der Waals surface area (Å²) in [6.07, 6.45) is 1.59. The standard InChI is InChI=1S/C14H9Cl2N3S/c15-9-5-6-13(17-7-9)19-14-18-12(8-20-14)10-3-1-2-4-11(10)16/h1-8H,(H,17,18,19). The molecule has 100 valence electrons. The van der Waals surface area contributed by atoms with Crippen molar-refractivity contribution in [2.24, 2.45) is 0 Å². The highest BCUT2D eigenvalue weighted by molar-refractivity contribution is 7.14. The van der Waals surface area contributed by atoms with Gasteiger partial charge in [-0.15, -0.1) is 11.3 Å². The lowest BCUT2D eigenvalue weighted by atomic mass is 10.2. The van der Waals surface area contributed by atoms with E-state index in [1.165, 1.54) is 11.3 Å². The van der Waals surface area contributed by atoms with Crippen molar-refractivity contribution < 1.29 is 0 Å². The largest absolute Gasteiger partial charge is 0.316 e. The number of halogens is 2. The molecule has 0 radical (unpaired) electrons. The van der Waals surface area contributed by atoms with E-state index in [1.54, 1.807) is 18.3 Å². The molecule has 0 aliphatic rings. The molecule has 0 spiro atoms. The molecule has 1 N–H and O–H groups in total. The first kappa shape index (κ1) is 13.4. The normalized spacial score (nSPS) is 10.5. The van der Waals surface area contributed by atoms with E-state index in [0.717, 1.165) is 16.4 Å². The first-order valence-electron chi connectivity index (χ1n) is 5.81. The van der Waals surface area contributed by atoms with E-state index in [9.17, 15) is 0 Å². The number of benzene rings is 1. The topological polar surface area (TPSA) is 37.8 Å². The highest BCUT2D eigenvalue weighted by atomic mass is 35.5. The summed E-state index contributed by atoms with van der Waals surface area (Å²) >= 11 is 13.5. The van der Waals surface area contributed by atoms with Crippen molar-refractivity contribution in [2.75, 3.05) is 5.32 Å². The molecule has 1 aromatic carbocycles. The molecular weight excluding hydrogens is 313 g/mol. The summed E-state index contributed by atoms with van der Waals surface area (Å²) in [6.45, 7) is 0. The van der Waals surface area contributed by atoms with Crippen LogP contribution in [0.15, 0.2) is 48.0 Å². The molecule has 20 heavy (non-hydrogen) atoms. The smallest absolute Gasteiger partial charge is 0.188 e. The Morgan fingerprint density at radius 1 is 1.05 bits per heavy atom. The van der Waals surface area contributed by atoms with Crippen LogP contribution in [0.3, 0.4) is 0 Å². The zero-order chi connectivity index (χ0) is 13.9. The van der Waals surface area contributed by atoms with Crippen LogP contribution in [0.4, 0.5) is 10.9 Å². The van der Waals surface area contributed by atoms with Gasteiger partial charge >= 0.3 is 0 Å². The van der Waals surface area contributed by atoms with Gasteiger partial charge in [0.25, 0.3) is 0 Å². The van der Waals surface area contributed by atoms with Crippen LogP contribution in [0.25, 0.3) is 11.3 Å². The van der Waals surface area contributed by atoms with Crippen LogP contribution < -0.4 is 5.32 Å². The number of hydrogen-bond acceptors (Lipinski definition) is 4. The quantitative estimate of drug-likeness (QED) is 0.715. The van der Waals surface area contributed by atoms with Gasteiger partial charge < -0.3 is 5.32 Å². The van der Waals surface area contributed by atoms with Crippen molar-refractivity contribution >= 4 is 45.5 Å². The Bertz CT molecular complexity index is 725. The highest BCUT2D eigenvalue weighted by Crippen LogP contribution is 2.31. The third-order valence-electron chi connectivity index (χ3n) is 2.62. The highest BCUT2D eigenvalue weighted by Gasteiger charge is 2.08. The fourth-order valence-corrected chi connectivity index (χ4v) is 2.74. The maximum atomic E-state index is 6.16. The lowest BCUT2D eigenvalue weighted by Gasteiger charge is -2.01. The van der Waals surface area contributed by atoms with E-state index in [4.69, 9.17) is 23.2 Å². The number of rotatable bonds is 3. The van der Waals surface area contributed by atoms with E-state index >= 15 is 0 Å². The Balaban J connectivity index is 1.84. The van der Waals surface area contributed by atoms with Crippen molar-refractivity contribution in [1.29, 1.82) is 0 Å². The van der Waals surface area contributed by atoms with Crippen LogP contribution in [-0.4, -0.2) is 9.97 Å². The molecule has 0 aliphatic heterocycles. The Morgan fingerprint density at radius 3 is 2.65 bits per heavy atom. The Kier molecular flexibility index (Phi) is 3.87. The first-order chi connectivity index (χ1) is 9.72. The maximum absolute atomic E-state index is 6.16. The minimum atomic E-state index is 0.603. The fraction of sp³-hybridized carbons (Fsp3) is 0. The van der Waals surface area contributed by atoms with Crippen LogP contribution in [0, 0.1) is 0 Å². The molecule has 0 bridgehead atoms. The predicted octanol–water partition coefficient (Wildman–Crippen LogP) is 5.26.